The van der Waals surface area contributed by atoms with E-state index < -0.39 is 14.9 Å². The van der Waals surface area contributed by atoms with E-state index in [9.17, 15) is 18.5 Å². The van der Waals surface area contributed by atoms with E-state index in [1.165, 1.54) is 24.3 Å². The summed E-state index contributed by atoms with van der Waals surface area (Å²) in [5.74, 6) is -0.165. The third-order valence-corrected chi connectivity index (χ3v) is 4.04. The molecule has 1 aliphatic rings. The van der Waals surface area contributed by atoms with Crippen molar-refractivity contribution in [1.29, 1.82) is 0 Å². The Morgan fingerprint density at radius 1 is 1.33 bits per heavy atom. The van der Waals surface area contributed by atoms with Crippen LogP contribution in [0.4, 0.5) is 5.69 Å². The van der Waals surface area contributed by atoms with Crippen LogP contribution in [0.3, 0.4) is 0 Å². The van der Waals surface area contributed by atoms with Crippen molar-refractivity contribution in [1.82, 2.24) is 10.0 Å². The van der Waals surface area contributed by atoms with Gasteiger partial charge in [0, 0.05) is 31.3 Å². The third kappa shape index (κ3) is 3.25. The molecule has 1 fully saturated rings. The lowest BCUT2D eigenvalue weighted by molar-refractivity contribution is -0.384. The second kappa shape index (κ2) is 5.01. The van der Waals surface area contributed by atoms with Crippen molar-refractivity contribution in [2.24, 2.45) is 0 Å². The molecule has 1 heterocycles. The highest BCUT2D eigenvalue weighted by Crippen LogP contribution is 2.13. The van der Waals surface area contributed by atoms with Gasteiger partial charge in [0.1, 0.15) is 0 Å². The number of rotatable bonds is 5. The lowest BCUT2D eigenvalue weighted by Crippen LogP contribution is -2.56. The average Bonchev–Trinajstić information content (AvgIpc) is 2.24. The molecule has 7 nitrogen and oxygen atoms in total. The first-order valence-electron chi connectivity index (χ1n) is 5.40. The number of nitrogens with one attached hydrogen (secondary N) is 2. The number of benzene rings is 1. The first kappa shape index (κ1) is 12.9. The Kier molecular flexibility index (Phi) is 3.60. The van der Waals surface area contributed by atoms with Gasteiger partial charge in [-0.3, -0.25) is 10.1 Å². The summed E-state index contributed by atoms with van der Waals surface area (Å²) in [7, 11) is -3.39. The Balaban J connectivity index is 2.01. The van der Waals surface area contributed by atoms with Crippen molar-refractivity contribution in [3.63, 3.8) is 0 Å². The molecule has 2 N–H and O–H groups in total. The fraction of sp³-hybridized carbons (Fsp3) is 0.400. The molecule has 0 saturated carbocycles. The van der Waals surface area contributed by atoms with Gasteiger partial charge < -0.3 is 5.32 Å². The van der Waals surface area contributed by atoms with Crippen LogP contribution < -0.4 is 10.0 Å². The first-order chi connectivity index (χ1) is 8.46. The Hall–Kier alpha value is -1.51. The van der Waals surface area contributed by atoms with Crippen LogP contribution in [0.1, 0.15) is 5.56 Å². The van der Waals surface area contributed by atoms with Crippen LogP contribution >= 0.6 is 0 Å². The Morgan fingerprint density at radius 2 is 1.94 bits per heavy atom. The smallest absolute Gasteiger partial charge is 0.269 e. The fourth-order valence-corrected chi connectivity index (χ4v) is 2.99. The molecular weight excluding hydrogens is 258 g/mol. The fourth-order valence-electron chi connectivity index (χ4n) is 1.60. The SMILES string of the molecule is O=[N+]([O-])c1ccc(CS(=O)(=O)NC2CNC2)cc1. The summed E-state index contributed by atoms with van der Waals surface area (Å²) < 4.78 is 26.1. The van der Waals surface area contributed by atoms with E-state index >= 15 is 0 Å². The summed E-state index contributed by atoms with van der Waals surface area (Å²) in [5, 5.41) is 13.4. The highest BCUT2D eigenvalue weighted by atomic mass is 32.2. The van der Waals surface area contributed by atoms with Gasteiger partial charge in [-0.1, -0.05) is 12.1 Å². The Morgan fingerprint density at radius 3 is 2.39 bits per heavy atom. The van der Waals surface area contributed by atoms with Crippen molar-refractivity contribution in [2.45, 2.75) is 11.8 Å². The summed E-state index contributed by atoms with van der Waals surface area (Å²) in [6.45, 7) is 1.28. The van der Waals surface area contributed by atoms with Crippen molar-refractivity contribution in [2.75, 3.05) is 13.1 Å². The van der Waals surface area contributed by atoms with Crippen LogP contribution in [0.5, 0.6) is 0 Å². The van der Waals surface area contributed by atoms with Gasteiger partial charge in [0.15, 0.2) is 0 Å². The molecule has 0 spiro atoms. The van der Waals surface area contributed by atoms with E-state index in [-0.39, 0.29) is 17.5 Å². The molecule has 0 amide bonds. The zero-order valence-electron chi connectivity index (χ0n) is 9.50. The van der Waals surface area contributed by atoms with E-state index in [2.05, 4.69) is 10.0 Å². The van der Waals surface area contributed by atoms with Gasteiger partial charge in [-0.25, -0.2) is 13.1 Å². The minimum atomic E-state index is -3.39. The molecule has 8 heteroatoms. The normalized spacial score (nSPS) is 16.2. The lowest BCUT2D eigenvalue weighted by Gasteiger charge is -2.27. The average molecular weight is 271 g/mol. The maximum Gasteiger partial charge on any atom is 0.269 e. The van der Waals surface area contributed by atoms with E-state index in [4.69, 9.17) is 0 Å². The summed E-state index contributed by atoms with van der Waals surface area (Å²) in [5.41, 5.74) is 0.479. The van der Waals surface area contributed by atoms with Gasteiger partial charge in [0.2, 0.25) is 10.0 Å². The van der Waals surface area contributed by atoms with Crippen molar-refractivity contribution in [3.05, 3.63) is 39.9 Å². The van der Waals surface area contributed by atoms with Crippen LogP contribution in [-0.4, -0.2) is 32.5 Å². The molecule has 1 saturated heterocycles. The quantitative estimate of drug-likeness (QED) is 0.579. The summed E-state index contributed by atoms with van der Waals surface area (Å²) in [6.07, 6.45) is 0. The number of nitrogens with zero attached hydrogens (tertiary/aromatic N) is 1. The summed E-state index contributed by atoms with van der Waals surface area (Å²) in [6, 6.07) is 5.46. The van der Waals surface area contributed by atoms with Gasteiger partial charge in [-0.2, -0.15) is 0 Å². The van der Waals surface area contributed by atoms with Gasteiger partial charge in [-0.05, 0) is 5.56 Å². The zero-order valence-corrected chi connectivity index (χ0v) is 10.3. The van der Waals surface area contributed by atoms with Crippen LogP contribution in [0, 0.1) is 10.1 Å². The van der Waals surface area contributed by atoms with Gasteiger partial charge in [-0.15, -0.1) is 0 Å². The number of sulfonamides is 1. The topological polar surface area (TPSA) is 101 Å². The van der Waals surface area contributed by atoms with Crippen molar-refractivity contribution < 1.29 is 13.3 Å². The van der Waals surface area contributed by atoms with Crippen LogP contribution in [0.15, 0.2) is 24.3 Å². The van der Waals surface area contributed by atoms with Crippen molar-refractivity contribution >= 4 is 15.7 Å². The molecule has 98 valence electrons. The monoisotopic (exact) mass is 271 g/mol. The van der Waals surface area contributed by atoms with Crippen molar-refractivity contribution in [3.8, 4) is 0 Å². The molecular formula is C10H13N3O4S. The third-order valence-electron chi connectivity index (χ3n) is 2.63. The molecule has 1 aliphatic heterocycles. The number of hydrogen-bond donors (Lipinski definition) is 2. The number of non-ortho nitro benzene ring substituents is 1. The molecule has 1 aromatic rings. The minimum Gasteiger partial charge on any atom is -0.313 e. The predicted molar refractivity (Wildman–Crippen MR) is 65.5 cm³/mol. The molecule has 0 radical (unpaired) electrons. The molecule has 2 rings (SSSR count). The Bertz CT molecular complexity index is 537. The van der Waals surface area contributed by atoms with Crippen LogP contribution in [0.25, 0.3) is 0 Å². The largest absolute Gasteiger partial charge is 0.313 e. The second-order valence-electron chi connectivity index (χ2n) is 4.16. The zero-order chi connectivity index (χ0) is 13.2. The molecule has 0 atom stereocenters. The van der Waals surface area contributed by atoms with Gasteiger partial charge in [0.25, 0.3) is 5.69 Å². The van der Waals surface area contributed by atoms with E-state index in [1.807, 2.05) is 0 Å². The highest BCUT2D eigenvalue weighted by Gasteiger charge is 2.23. The molecule has 18 heavy (non-hydrogen) atoms. The highest BCUT2D eigenvalue weighted by molar-refractivity contribution is 7.88. The van der Waals surface area contributed by atoms with E-state index in [0.717, 1.165) is 0 Å². The second-order valence-corrected chi connectivity index (χ2v) is 5.91. The van der Waals surface area contributed by atoms with E-state index in [1.54, 1.807) is 0 Å². The molecule has 0 aromatic heterocycles. The minimum absolute atomic E-state index is 0.0481. The van der Waals surface area contributed by atoms with Gasteiger partial charge in [0.05, 0.1) is 10.7 Å². The maximum atomic E-state index is 11.7. The molecule has 0 aliphatic carbocycles. The maximum absolute atomic E-state index is 11.7. The number of hydrogen-bond acceptors (Lipinski definition) is 5. The lowest BCUT2D eigenvalue weighted by atomic mass is 10.2. The standard InChI is InChI=1S/C10H13N3O4S/c14-13(15)10-3-1-8(2-4-10)7-18(16,17)12-9-5-11-6-9/h1-4,9,11-12H,5-7H2. The molecule has 0 unspecified atom stereocenters. The van der Waals surface area contributed by atoms with Crippen LogP contribution in [-0.2, 0) is 15.8 Å². The Labute approximate surface area is 104 Å². The number of nitro groups is 1. The van der Waals surface area contributed by atoms with E-state index in [0.29, 0.717) is 18.7 Å². The van der Waals surface area contributed by atoms with Gasteiger partial charge >= 0.3 is 0 Å². The summed E-state index contributed by atoms with van der Waals surface area (Å²) in [4.78, 5) is 9.94. The first-order valence-corrected chi connectivity index (χ1v) is 7.05. The van der Waals surface area contributed by atoms with Crippen LogP contribution in [0.2, 0.25) is 0 Å². The summed E-state index contributed by atoms with van der Waals surface area (Å²) >= 11 is 0. The molecule has 0 bridgehead atoms. The molecule has 1 aromatic carbocycles. The predicted octanol–water partition coefficient (Wildman–Crippen LogP) is -0.0140. The number of nitro benzene ring substituents is 1.